The fourth-order valence-electron chi connectivity index (χ4n) is 3.31. The van der Waals surface area contributed by atoms with E-state index >= 15 is 0 Å². The Balaban J connectivity index is 1.54. The van der Waals surface area contributed by atoms with Crippen LogP contribution < -0.4 is 5.32 Å². The van der Waals surface area contributed by atoms with Gasteiger partial charge in [0.15, 0.2) is 0 Å². The van der Waals surface area contributed by atoms with Gasteiger partial charge >= 0.3 is 0 Å². The van der Waals surface area contributed by atoms with Crippen LogP contribution in [0.4, 0.5) is 0 Å². The van der Waals surface area contributed by atoms with Crippen molar-refractivity contribution in [2.45, 2.75) is 44.2 Å². The van der Waals surface area contributed by atoms with E-state index in [0.29, 0.717) is 11.9 Å². The Morgan fingerprint density at radius 1 is 1.32 bits per heavy atom. The van der Waals surface area contributed by atoms with E-state index in [1.807, 2.05) is 0 Å². The second kappa shape index (κ2) is 4.68. The summed E-state index contributed by atoms with van der Waals surface area (Å²) in [6.45, 7) is 0. The van der Waals surface area contributed by atoms with E-state index in [0.717, 1.165) is 23.1 Å². The van der Waals surface area contributed by atoms with E-state index in [-0.39, 0.29) is 6.04 Å². The summed E-state index contributed by atoms with van der Waals surface area (Å²) in [5, 5.41) is 7.72. The third-order valence-electron chi connectivity index (χ3n) is 4.26. The summed E-state index contributed by atoms with van der Waals surface area (Å²) in [5.74, 6) is 2.18. The average molecular weight is 276 g/mol. The smallest absolute Gasteiger partial charge is 0.244 e. The summed E-state index contributed by atoms with van der Waals surface area (Å²) >= 11 is 1.54. The molecule has 0 aromatic carbocycles. The molecule has 2 aromatic heterocycles. The predicted octanol–water partition coefficient (Wildman–Crippen LogP) is 2.79. The van der Waals surface area contributed by atoms with Crippen LogP contribution >= 0.6 is 11.3 Å². The van der Waals surface area contributed by atoms with Gasteiger partial charge in [0.25, 0.3) is 0 Å². The molecule has 1 aliphatic carbocycles. The number of hydrogen-bond donors (Lipinski definition) is 1. The van der Waals surface area contributed by atoms with Crippen LogP contribution in [0.25, 0.3) is 10.7 Å². The monoisotopic (exact) mass is 276 g/mol. The zero-order valence-electron chi connectivity index (χ0n) is 10.6. The molecule has 3 atom stereocenters. The molecule has 0 radical (unpaired) electrons. The molecule has 1 saturated heterocycles. The van der Waals surface area contributed by atoms with Crippen LogP contribution in [0.3, 0.4) is 0 Å². The van der Waals surface area contributed by atoms with Crippen molar-refractivity contribution in [2.24, 2.45) is 5.92 Å². The van der Waals surface area contributed by atoms with Gasteiger partial charge in [0.1, 0.15) is 0 Å². The van der Waals surface area contributed by atoms with Gasteiger partial charge in [0, 0.05) is 12.2 Å². The highest BCUT2D eigenvalue weighted by Crippen LogP contribution is 2.38. The van der Waals surface area contributed by atoms with Crippen molar-refractivity contribution in [3.63, 3.8) is 0 Å². The van der Waals surface area contributed by atoms with Crippen LogP contribution in [0.1, 0.15) is 44.0 Å². The number of aromatic nitrogens is 3. The lowest BCUT2D eigenvalue weighted by Crippen LogP contribution is -2.30. The van der Waals surface area contributed by atoms with Crippen molar-refractivity contribution < 1.29 is 4.52 Å². The van der Waals surface area contributed by atoms with Gasteiger partial charge in [-0.05, 0) is 25.2 Å². The highest BCUT2D eigenvalue weighted by Gasteiger charge is 2.38. The Morgan fingerprint density at radius 3 is 3.11 bits per heavy atom. The molecule has 1 saturated carbocycles. The fourth-order valence-corrected chi connectivity index (χ4v) is 3.86. The lowest BCUT2D eigenvalue weighted by molar-refractivity contribution is 0.324. The third-order valence-corrected chi connectivity index (χ3v) is 5.02. The zero-order chi connectivity index (χ0) is 12.7. The minimum absolute atomic E-state index is 0.238. The van der Waals surface area contributed by atoms with Gasteiger partial charge in [-0.1, -0.05) is 18.0 Å². The van der Waals surface area contributed by atoms with Crippen LogP contribution in [0.2, 0.25) is 0 Å². The van der Waals surface area contributed by atoms with Crippen molar-refractivity contribution in [2.75, 3.05) is 0 Å². The van der Waals surface area contributed by atoms with E-state index in [9.17, 15) is 0 Å². The number of rotatable bonds is 2. The second-order valence-corrected chi connectivity index (χ2v) is 6.31. The highest BCUT2D eigenvalue weighted by atomic mass is 32.1. The normalized spacial score (nSPS) is 30.4. The highest BCUT2D eigenvalue weighted by molar-refractivity contribution is 7.13. The van der Waals surface area contributed by atoms with Gasteiger partial charge in [0.2, 0.25) is 11.7 Å². The van der Waals surface area contributed by atoms with Crippen LogP contribution in [0.15, 0.2) is 16.2 Å². The first-order chi connectivity index (χ1) is 9.40. The van der Waals surface area contributed by atoms with Crippen LogP contribution in [-0.2, 0) is 0 Å². The zero-order valence-corrected chi connectivity index (χ0v) is 11.4. The number of fused-ring (bicyclic) bond motifs is 1. The molecular weight excluding hydrogens is 260 g/mol. The molecule has 0 amide bonds. The number of nitrogens with one attached hydrogen (secondary N) is 1. The van der Waals surface area contributed by atoms with Crippen molar-refractivity contribution in [3.8, 4) is 10.7 Å². The van der Waals surface area contributed by atoms with Crippen molar-refractivity contribution in [1.29, 1.82) is 0 Å². The molecule has 1 aliphatic heterocycles. The topological polar surface area (TPSA) is 63.8 Å². The maximum atomic E-state index is 5.43. The molecule has 2 aliphatic rings. The van der Waals surface area contributed by atoms with E-state index in [1.165, 1.54) is 37.0 Å². The molecule has 4 rings (SSSR count). The number of hydrogen-bond acceptors (Lipinski definition) is 6. The Morgan fingerprint density at radius 2 is 2.26 bits per heavy atom. The molecular formula is C13H16N4OS. The van der Waals surface area contributed by atoms with Gasteiger partial charge in [-0.2, -0.15) is 4.98 Å². The van der Waals surface area contributed by atoms with Gasteiger partial charge in [-0.3, -0.25) is 4.98 Å². The lowest BCUT2D eigenvalue weighted by Gasteiger charge is -2.24. The van der Waals surface area contributed by atoms with Gasteiger partial charge in [0.05, 0.1) is 16.4 Å². The molecule has 19 heavy (non-hydrogen) atoms. The molecule has 6 heteroatoms. The molecule has 1 N–H and O–H groups in total. The molecule has 0 bridgehead atoms. The molecule has 2 fully saturated rings. The second-order valence-electron chi connectivity index (χ2n) is 5.43. The average Bonchev–Trinajstić information content (AvgIpc) is 3.17. The summed E-state index contributed by atoms with van der Waals surface area (Å²) in [5.41, 5.74) is 1.79. The molecule has 2 aromatic rings. The first-order valence-corrected chi connectivity index (χ1v) is 7.76. The van der Waals surface area contributed by atoms with E-state index in [4.69, 9.17) is 4.52 Å². The first kappa shape index (κ1) is 11.5. The Kier molecular flexibility index (Phi) is 2.85. The third kappa shape index (κ3) is 2.08. The minimum Gasteiger partial charge on any atom is -0.337 e. The quantitative estimate of drug-likeness (QED) is 0.913. The Labute approximate surface area is 115 Å². The van der Waals surface area contributed by atoms with Gasteiger partial charge < -0.3 is 9.84 Å². The summed E-state index contributed by atoms with van der Waals surface area (Å²) in [6, 6.07) is 0.889. The van der Waals surface area contributed by atoms with E-state index in [1.54, 1.807) is 11.7 Å². The molecule has 100 valence electrons. The van der Waals surface area contributed by atoms with Crippen LogP contribution in [-0.4, -0.2) is 21.2 Å². The van der Waals surface area contributed by atoms with Crippen molar-refractivity contribution in [3.05, 3.63) is 17.6 Å². The van der Waals surface area contributed by atoms with Gasteiger partial charge in [-0.25, -0.2) is 0 Å². The standard InChI is InChI=1S/C13H16N4OS/c1-2-4-9-8(3-1)5-10(15-9)13-16-12(17-18-13)11-6-14-7-19-11/h6-10,15H,1-5H2. The Bertz CT molecular complexity index is 539. The number of nitrogens with zero attached hydrogens (tertiary/aromatic N) is 3. The summed E-state index contributed by atoms with van der Waals surface area (Å²) < 4.78 is 5.43. The van der Waals surface area contributed by atoms with Crippen molar-refractivity contribution >= 4 is 11.3 Å². The predicted molar refractivity (Wildman–Crippen MR) is 71.6 cm³/mol. The molecule has 0 spiro atoms. The van der Waals surface area contributed by atoms with Crippen molar-refractivity contribution in [1.82, 2.24) is 20.4 Å². The minimum atomic E-state index is 0.238. The Hall–Kier alpha value is -1.27. The summed E-state index contributed by atoms with van der Waals surface area (Å²) in [6.07, 6.45) is 8.25. The fraction of sp³-hybridized carbons (Fsp3) is 0.615. The first-order valence-electron chi connectivity index (χ1n) is 6.88. The van der Waals surface area contributed by atoms with E-state index < -0.39 is 0 Å². The molecule has 3 heterocycles. The van der Waals surface area contributed by atoms with Gasteiger partial charge in [-0.15, -0.1) is 11.3 Å². The lowest BCUT2D eigenvalue weighted by atomic mass is 9.85. The van der Waals surface area contributed by atoms with E-state index in [2.05, 4.69) is 20.4 Å². The maximum Gasteiger partial charge on any atom is 0.244 e. The number of thiazole rings is 1. The van der Waals surface area contributed by atoms with Crippen LogP contribution in [0.5, 0.6) is 0 Å². The summed E-state index contributed by atoms with van der Waals surface area (Å²) in [4.78, 5) is 9.53. The largest absolute Gasteiger partial charge is 0.337 e. The molecule has 3 unspecified atom stereocenters. The summed E-state index contributed by atoms with van der Waals surface area (Å²) in [7, 11) is 0. The molecule has 5 nitrogen and oxygen atoms in total. The SMILES string of the molecule is c1ncc(-c2noc(C3CC4CCCCC4N3)n2)s1. The maximum absolute atomic E-state index is 5.43. The van der Waals surface area contributed by atoms with Crippen LogP contribution in [0, 0.1) is 5.92 Å².